The number of benzene rings is 1. The second-order valence-corrected chi connectivity index (χ2v) is 4.79. The molecule has 1 aliphatic rings. The number of carbonyl (C=O) groups is 1. The standard InChI is InChI=1S/C14H17N3O/c1-15-14(18)16-9-6-7-11-10-4-2-3-5-12(10)17-13(11)8-9/h2-5,9,17H,6-8H2,1H3,(H2,15,16,18). The number of urea groups is 1. The Bertz CT molecular complexity index is 588. The Hall–Kier alpha value is -1.97. The summed E-state index contributed by atoms with van der Waals surface area (Å²) in [6, 6.07) is 8.52. The summed E-state index contributed by atoms with van der Waals surface area (Å²) in [5.74, 6) is 0. The monoisotopic (exact) mass is 243 g/mol. The van der Waals surface area contributed by atoms with Crippen LogP contribution in [0.1, 0.15) is 17.7 Å². The first kappa shape index (κ1) is 11.1. The van der Waals surface area contributed by atoms with Crippen molar-refractivity contribution >= 4 is 16.9 Å². The molecule has 1 aromatic carbocycles. The van der Waals surface area contributed by atoms with Crippen LogP contribution in [0.2, 0.25) is 0 Å². The number of hydrogen-bond donors (Lipinski definition) is 3. The Kier molecular flexibility index (Phi) is 2.70. The van der Waals surface area contributed by atoms with Crippen LogP contribution in [0.4, 0.5) is 4.79 Å². The van der Waals surface area contributed by atoms with Gasteiger partial charge in [-0.2, -0.15) is 0 Å². The lowest BCUT2D eigenvalue weighted by molar-refractivity contribution is 0.237. The van der Waals surface area contributed by atoms with Gasteiger partial charge < -0.3 is 15.6 Å². The quantitative estimate of drug-likeness (QED) is 0.704. The van der Waals surface area contributed by atoms with Crippen LogP contribution in [-0.4, -0.2) is 24.1 Å². The molecule has 2 amide bonds. The Morgan fingerprint density at radius 3 is 3.06 bits per heavy atom. The fourth-order valence-electron chi connectivity index (χ4n) is 2.76. The van der Waals surface area contributed by atoms with Crippen molar-refractivity contribution < 1.29 is 4.79 Å². The van der Waals surface area contributed by atoms with Crippen molar-refractivity contribution in [2.75, 3.05) is 7.05 Å². The third-order valence-corrected chi connectivity index (χ3v) is 3.66. The highest BCUT2D eigenvalue weighted by molar-refractivity contribution is 5.85. The van der Waals surface area contributed by atoms with Gasteiger partial charge in [-0.25, -0.2) is 4.79 Å². The molecule has 3 rings (SSSR count). The molecule has 0 bridgehead atoms. The van der Waals surface area contributed by atoms with E-state index in [1.165, 1.54) is 22.2 Å². The summed E-state index contributed by atoms with van der Waals surface area (Å²) in [6.07, 6.45) is 2.91. The van der Waals surface area contributed by atoms with Gasteiger partial charge in [-0.15, -0.1) is 0 Å². The average Bonchev–Trinajstić information content (AvgIpc) is 2.76. The molecule has 0 fully saturated rings. The molecule has 2 aromatic rings. The molecule has 94 valence electrons. The normalized spacial score (nSPS) is 18.4. The molecule has 18 heavy (non-hydrogen) atoms. The topological polar surface area (TPSA) is 56.9 Å². The van der Waals surface area contributed by atoms with Crippen molar-refractivity contribution in [2.24, 2.45) is 0 Å². The third-order valence-electron chi connectivity index (χ3n) is 3.66. The van der Waals surface area contributed by atoms with Crippen LogP contribution in [0.25, 0.3) is 10.9 Å². The van der Waals surface area contributed by atoms with Gasteiger partial charge >= 0.3 is 6.03 Å². The number of carbonyl (C=O) groups excluding carboxylic acids is 1. The van der Waals surface area contributed by atoms with Crippen molar-refractivity contribution in [1.29, 1.82) is 0 Å². The van der Waals surface area contributed by atoms with Gasteiger partial charge in [0.05, 0.1) is 0 Å². The van der Waals surface area contributed by atoms with Crippen LogP contribution in [0, 0.1) is 0 Å². The lowest BCUT2D eigenvalue weighted by atomic mass is 9.92. The van der Waals surface area contributed by atoms with Gasteiger partial charge in [0.25, 0.3) is 0 Å². The first-order valence-electron chi connectivity index (χ1n) is 6.34. The number of para-hydroxylation sites is 1. The van der Waals surface area contributed by atoms with E-state index in [4.69, 9.17) is 0 Å². The maximum absolute atomic E-state index is 11.3. The fourth-order valence-corrected chi connectivity index (χ4v) is 2.76. The van der Waals surface area contributed by atoms with E-state index in [2.05, 4.69) is 33.8 Å². The molecule has 4 heteroatoms. The van der Waals surface area contributed by atoms with E-state index in [-0.39, 0.29) is 12.1 Å². The van der Waals surface area contributed by atoms with Gasteiger partial charge in [0.15, 0.2) is 0 Å². The molecule has 0 spiro atoms. The van der Waals surface area contributed by atoms with E-state index in [1.807, 2.05) is 6.07 Å². The maximum atomic E-state index is 11.3. The predicted molar refractivity (Wildman–Crippen MR) is 71.7 cm³/mol. The molecule has 4 nitrogen and oxygen atoms in total. The second kappa shape index (κ2) is 4.37. The highest BCUT2D eigenvalue weighted by Gasteiger charge is 2.22. The summed E-state index contributed by atoms with van der Waals surface area (Å²) in [4.78, 5) is 14.8. The molecule has 0 saturated heterocycles. The molecule has 1 unspecified atom stereocenters. The number of H-pyrrole nitrogens is 1. The smallest absolute Gasteiger partial charge is 0.314 e. The predicted octanol–water partition coefficient (Wildman–Crippen LogP) is 1.95. The van der Waals surface area contributed by atoms with E-state index < -0.39 is 0 Å². The van der Waals surface area contributed by atoms with E-state index in [0.29, 0.717) is 0 Å². The number of fused-ring (bicyclic) bond motifs is 3. The lowest BCUT2D eigenvalue weighted by Gasteiger charge is -2.23. The van der Waals surface area contributed by atoms with E-state index in [1.54, 1.807) is 7.05 Å². The molecule has 1 heterocycles. The molecule has 0 saturated carbocycles. The second-order valence-electron chi connectivity index (χ2n) is 4.79. The summed E-state index contributed by atoms with van der Waals surface area (Å²) >= 11 is 0. The molecular formula is C14H17N3O. The molecule has 3 N–H and O–H groups in total. The number of hydrogen-bond acceptors (Lipinski definition) is 1. The third kappa shape index (κ3) is 1.83. The van der Waals surface area contributed by atoms with Gasteiger partial charge in [-0.05, 0) is 24.5 Å². The minimum Gasteiger partial charge on any atom is -0.358 e. The van der Waals surface area contributed by atoms with Crippen LogP contribution in [0.15, 0.2) is 24.3 Å². The first-order chi connectivity index (χ1) is 8.78. The number of amides is 2. The van der Waals surface area contributed by atoms with Crippen molar-refractivity contribution in [3.05, 3.63) is 35.5 Å². The van der Waals surface area contributed by atoms with Gasteiger partial charge in [0, 0.05) is 36.1 Å². The number of aryl methyl sites for hydroxylation is 1. The first-order valence-corrected chi connectivity index (χ1v) is 6.34. The van der Waals surface area contributed by atoms with Gasteiger partial charge in [-0.1, -0.05) is 18.2 Å². The molecular weight excluding hydrogens is 226 g/mol. The Morgan fingerprint density at radius 2 is 2.22 bits per heavy atom. The molecule has 1 atom stereocenters. The summed E-state index contributed by atoms with van der Waals surface area (Å²) in [5.41, 5.74) is 3.88. The summed E-state index contributed by atoms with van der Waals surface area (Å²) in [7, 11) is 1.65. The van der Waals surface area contributed by atoms with E-state index >= 15 is 0 Å². The zero-order valence-corrected chi connectivity index (χ0v) is 10.4. The lowest BCUT2D eigenvalue weighted by Crippen LogP contribution is -2.43. The van der Waals surface area contributed by atoms with Crippen molar-refractivity contribution in [3.8, 4) is 0 Å². The van der Waals surface area contributed by atoms with Gasteiger partial charge in [-0.3, -0.25) is 0 Å². The van der Waals surface area contributed by atoms with Gasteiger partial charge in [0.1, 0.15) is 0 Å². The molecule has 1 aliphatic carbocycles. The largest absolute Gasteiger partial charge is 0.358 e. The number of aromatic amines is 1. The molecule has 0 aliphatic heterocycles. The van der Waals surface area contributed by atoms with Crippen LogP contribution in [0.3, 0.4) is 0 Å². The average molecular weight is 243 g/mol. The summed E-state index contributed by atoms with van der Waals surface area (Å²) in [5, 5.41) is 6.91. The minimum absolute atomic E-state index is 0.0976. The maximum Gasteiger partial charge on any atom is 0.314 e. The van der Waals surface area contributed by atoms with Crippen LogP contribution < -0.4 is 10.6 Å². The molecule has 0 radical (unpaired) electrons. The summed E-state index contributed by atoms with van der Waals surface area (Å²) in [6.45, 7) is 0. The van der Waals surface area contributed by atoms with Crippen LogP contribution in [0.5, 0.6) is 0 Å². The van der Waals surface area contributed by atoms with E-state index in [0.717, 1.165) is 19.3 Å². The highest BCUT2D eigenvalue weighted by Crippen LogP contribution is 2.28. The number of aromatic nitrogens is 1. The highest BCUT2D eigenvalue weighted by atomic mass is 16.2. The van der Waals surface area contributed by atoms with Crippen molar-refractivity contribution in [1.82, 2.24) is 15.6 Å². The van der Waals surface area contributed by atoms with Crippen molar-refractivity contribution in [3.63, 3.8) is 0 Å². The zero-order valence-electron chi connectivity index (χ0n) is 10.4. The SMILES string of the molecule is CNC(=O)NC1CCc2c([nH]c3ccccc23)C1. The van der Waals surface area contributed by atoms with Crippen LogP contribution >= 0.6 is 0 Å². The number of nitrogens with one attached hydrogen (secondary N) is 3. The van der Waals surface area contributed by atoms with E-state index in [9.17, 15) is 4.79 Å². The Morgan fingerprint density at radius 1 is 1.39 bits per heavy atom. The molecule has 1 aromatic heterocycles. The van der Waals surface area contributed by atoms with Gasteiger partial charge in [0.2, 0.25) is 0 Å². The zero-order chi connectivity index (χ0) is 12.5. The minimum atomic E-state index is -0.0976. The van der Waals surface area contributed by atoms with Crippen LogP contribution in [-0.2, 0) is 12.8 Å². The fraction of sp³-hybridized carbons (Fsp3) is 0.357. The van der Waals surface area contributed by atoms with Crippen molar-refractivity contribution in [2.45, 2.75) is 25.3 Å². The Labute approximate surface area is 106 Å². The number of rotatable bonds is 1. The summed E-state index contributed by atoms with van der Waals surface area (Å²) < 4.78 is 0. The Balaban J connectivity index is 1.87.